The Kier molecular flexibility index (Phi) is 8.12. The molecule has 1 amide bonds. The molecule has 1 aliphatic rings. The highest BCUT2D eigenvalue weighted by molar-refractivity contribution is 6.30. The Bertz CT molecular complexity index is 1720. The summed E-state index contributed by atoms with van der Waals surface area (Å²) < 4.78 is 22.0. The quantitative estimate of drug-likeness (QED) is 0.228. The van der Waals surface area contributed by atoms with Crippen molar-refractivity contribution in [3.63, 3.8) is 0 Å². The molecule has 0 saturated carbocycles. The first kappa shape index (κ1) is 27.8. The van der Waals surface area contributed by atoms with Gasteiger partial charge < -0.3 is 14.6 Å². The van der Waals surface area contributed by atoms with Gasteiger partial charge in [-0.2, -0.15) is 0 Å². The van der Waals surface area contributed by atoms with Crippen LogP contribution in [0.25, 0.3) is 11.0 Å². The number of aromatic nitrogens is 4. The summed E-state index contributed by atoms with van der Waals surface area (Å²) in [5.41, 5.74) is 4.32. The van der Waals surface area contributed by atoms with Crippen molar-refractivity contribution in [1.29, 1.82) is 0 Å². The van der Waals surface area contributed by atoms with Crippen LogP contribution in [0, 0.1) is 5.82 Å². The van der Waals surface area contributed by atoms with Crippen LogP contribution in [-0.4, -0.2) is 43.4 Å². The molecule has 0 unspecified atom stereocenters. The average molecular weight is 585 g/mol. The van der Waals surface area contributed by atoms with E-state index < -0.39 is 0 Å². The predicted octanol–water partition coefficient (Wildman–Crippen LogP) is 6.37. The van der Waals surface area contributed by atoms with Crippen LogP contribution in [-0.2, 0) is 20.2 Å². The minimum absolute atomic E-state index is 0.0913. The minimum Gasteiger partial charge on any atom is -0.473 e. The number of rotatable bonds is 8. The number of ether oxygens (including phenoxy) is 1. The van der Waals surface area contributed by atoms with Gasteiger partial charge in [-0.1, -0.05) is 29.8 Å². The van der Waals surface area contributed by atoms with E-state index in [-0.39, 0.29) is 18.3 Å². The molecule has 3 aromatic heterocycles. The number of anilines is 1. The molecule has 8 nitrogen and oxygen atoms in total. The van der Waals surface area contributed by atoms with Crippen LogP contribution in [0.15, 0.2) is 79.0 Å². The van der Waals surface area contributed by atoms with E-state index in [1.54, 1.807) is 42.6 Å². The third-order valence-electron chi connectivity index (χ3n) is 7.64. The van der Waals surface area contributed by atoms with E-state index in [0.29, 0.717) is 33.8 Å². The number of hydrogen-bond acceptors (Lipinski definition) is 6. The number of fused-ring (bicyclic) bond motifs is 1. The van der Waals surface area contributed by atoms with Crippen LogP contribution in [0.4, 0.5) is 10.1 Å². The number of aryl methyl sites for hydroxylation is 1. The molecule has 10 heteroatoms. The van der Waals surface area contributed by atoms with Gasteiger partial charge in [0.05, 0.1) is 17.6 Å². The zero-order valence-electron chi connectivity index (χ0n) is 23.1. The lowest BCUT2D eigenvalue weighted by Crippen LogP contribution is -2.33. The number of likely N-dealkylation sites (tertiary alicyclic amines) is 1. The highest BCUT2D eigenvalue weighted by atomic mass is 35.5. The number of pyridine rings is 2. The molecular formula is C32H30ClFN6O2. The molecule has 2 aromatic carbocycles. The molecule has 1 fully saturated rings. The van der Waals surface area contributed by atoms with Crippen molar-refractivity contribution in [1.82, 2.24) is 24.4 Å². The standard InChI is InChI=1S/C32H30ClFN6O2/c1-39-29-11-10-24(36-32(41)27-5-2-3-14-35-27)18-28(29)37-30(39)19-40-15-12-21(13-16-40)26-6-4-7-31(38-26)42-20-22-8-9-23(33)17-25(22)34/h2-11,14,17-18,21H,12-13,15-16,19-20H2,1H3,(H,36,41). The van der Waals surface area contributed by atoms with Crippen molar-refractivity contribution in [3.05, 3.63) is 113 Å². The highest BCUT2D eigenvalue weighted by Gasteiger charge is 2.23. The molecule has 1 N–H and O–H groups in total. The number of imidazole rings is 1. The van der Waals surface area contributed by atoms with Crippen LogP contribution >= 0.6 is 11.6 Å². The van der Waals surface area contributed by atoms with Crippen molar-refractivity contribution in [2.75, 3.05) is 18.4 Å². The summed E-state index contributed by atoms with van der Waals surface area (Å²) in [7, 11) is 2.02. The van der Waals surface area contributed by atoms with Crippen LogP contribution in [0.5, 0.6) is 5.88 Å². The predicted molar refractivity (Wildman–Crippen MR) is 160 cm³/mol. The molecular weight excluding hydrogens is 555 g/mol. The summed E-state index contributed by atoms with van der Waals surface area (Å²) in [4.78, 5) is 28.6. The Morgan fingerprint density at radius 1 is 1.05 bits per heavy atom. The number of piperidine rings is 1. The van der Waals surface area contributed by atoms with Gasteiger partial charge in [0.15, 0.2) is 0 Å². The Morgan fingerprint density at radius 3 is 2.69 bits per heavy atom. The number of amides is 1. The number of carbonyl (C=O) groups excluding carboxylic acids is 1. The normalized spacial score (nSPS) is 14.3. The van der Waals surface area contributed by atoms with Gasteiger partial charge in [0.1, 0.15) is 23.9 Å². The first-order valence-electron chi connectivity index (χ1n) is 13.9. The molecule has 0 aliphatic carbocycles. The van der Waals surface area contributed by atoms with Crippen LogP contribution in [0.1, 0.15) is 46.3 Å². The zero-order chi connectivity index (χ0) is 29.1. The molecule has 0 bridgehead atoms. The average Bonchev–Trinajstić information content (AvgIpc) is 3.31. The largest absolute Gasteiger partial charge is 0.473 e. The Morgan fingerprint density at radius 2 is 1.90 bits per heavy atom. The summed E-state index contributed by atoms with van der Waals surface area (Å²) in [5, 5.41) is 3.26. The Labute approximate surface area is 248 Å². The van der Waals surface area contributed by atoms with Crippen LogP contribution < -0.4 is 10.1 Å². The Balaban J connectivity index is 1.05. The maximum atomic E-state index is 14.1. The molecule has 0 atom stereocenters. The number of hydrogen-bond donors (Lipinski definition) is 1. The smallest absolute Gasteiger partial charge is 0.274 e. The SMILES string of the molecule is Cn1c(CN2CCC(c3cccc(OCc4ccc(Cl)cc4F)n3)CC2)nc2cc(NC(=O)c3ccccn3)ccc21. The first-order chi connectivity index (χ1) is 20.4. The van der Waals surface area contributed by atoms with E-state index in [2.05, 4.69) is 19.8 Å². The van der Waals surface area contributed by atoms with Gasteiger partial charge in [0.25, 0.3) is 5.91 Å². The molecule has 214 valence electrons. The topological polar surface area (TPSA) is 85.2 Å². The number of nitrogens with zero attached hydrogens (tertiary/aromatic N) is 5. The number of benzene rings is 2. The van der Waals surface area contributed by atoms with Gasteiger partial charge in [-0.15, -0.1) is 0 Å². The van der Waals surface area contributed by atoms with E-state index in [9.17, 15) is 9.18 Å². The second-order valence-electron chi connectivity index (χ2n) is 10.4. The molecule has 0 radical (unpaired) electrons. The van der Waals surface area contributed by atoms with E-state index in [0.717, 1.165) is 55.0 Å². The summed E-state index contributed by atoms with van der Waals surface area (Å²) in [6.07, 6.45) is 3.54. The fourth-order valence-corrected chi connectivity index (χ4v) is 5.44. The molecule has 0 spiro atoms. The molecule has 42 heavy (non-hydrogen) atoms. The fraction of sp³-hybridized carbons (Fsp3) is 0.250. The third-order valence-corrected chi connectivity index (χ3v) is 7.87. The van der Waals surface area contributed by atoms with E-state index in [4.69, 9.17) is 26.3 Å². The van der Waals surface area contributed by atoms with Gasteiger partial charge in [0.2, 0.25) is 5.88 Å². The molecule has 6 rings (SSSR count). The Hall–Kier alpha value is -4.34. The summed E-state index contributed by atoms with van der Waals surface area (Å²) in [6, 6.07) is 21.3. The van der Waals surface area contributed by atoms with Crippen molar-refractivity contribution < 1.29 is 13.9 Å². The number of halogens is 2. The van der Waals surface area contributed by atoms with E-state index in [1.165, 1.54) is 6.07 Å². The van der Waals surface area contributed by atoms with Gasteiger partial charge in [-0.25, -0.2) is 14.4 Å². The zero-order valence-corrected chi connectivity index (χ0v) is 23.9. The summed E-state index contributed by atoms with van der Waals surface area (Å²) >= 11 is 5.85. The molecule has 4 heterocycles. The second kappa shape index (κ2) is 12.3. The second-order valence-corrected chi connectivity index (χ2v) is 10.9. The minimum atomic E-state index is -0.389. The molecule has 1 aliphatic heterocycles. The first-order valence-corrected chi connectivity index (χ1v) is 14.2. The molecule has 1 saturated heterocycles. The van der Waals surface area contributed by atoms with E-state index in [1.807, 2.05) is 37.4 Å². The lowest BCUT2D eigenvalue weighted by Gasteiger charge is -2.31. The van der Waals surface area contributed by atoms with Crippen molar-refractivity contribution in [2.45, 2.75) is 31.9 Å². The van der Waals surface area contributed by atoms with Crippen LogP contribution in [0.3, 0.4) is 0 Å². The lowest BCUT2D eigenvalue weighted by molar-refractivity contribution is 0.102. The highest BCUT2D eigenvalue weighted by Crippen LogP contribution is 2.29. The maximum Gasteiger partial charge on any atom is 0.274 e. The number of nitrogens with one attached hydrogen (secondary N) is 1. The number of carbonyl (C=O) groups is 1. The molecule has 5 aromatic rings. The fourth-order valence-electron chi connectivity index (χ4n) is 5.28. The third kappa shape index (κ3) is 6.27. The summed E-state index contributed by atoms with van der Waals surface area (Å²) in [6.45, 7) is 2.66. The van der Waals surface area contributed by atoms with E-state index >= 15 is 0 Å². The van der Waals surface area contributed by atoms with Gasteiger partial charge >= 0.3 is 0 Å². The monoisotopic (exact) mass is 584 g/mol. The van der Waals surface area contributed by atoms with Gasteiger partial charge in [-0.05, 0) is 74.5 Å². The summed E-state index contributed by atoms with van der Waals surface area (Å²) in [5.74, 6) is 1.14. The van der Waals surface area contributed by atoms with Gasteiger partial charge in [0, 0.05) is 47.2 Å². The van der Waals surface area contributed by atoms with Crippen molar-refractivity contribution >= 4 is 34.2 Å². The lowest BCUT2D eigenvalue weighted by atomic mass is 9.93. The van der Waals surface area contributed by atoms with Crippen molar-refractivity contribution in [3.8, 4) is 5.88 Å². The van der Waals surface area contributed by atoms with Gasteiger partial charge in [-0.3, -0.25) is 14.7 Å². The van der Waals surface area contributed by atoms with Crippen LogP contribution in [0.2, 0.25) is 5.02 Å². The maximum absolute atomic E-state index is 14.1. The van der Waals surface area contributed by atoms with Crippen molar-refractivity contribution in [2.24, 2.45) is 7.05 Å².